The molecule has 1 atom stereocenters. The highest BCUT2D eigenvalue weighted by molar-refractivity contribution is 5.39. The third-order valence-electron chi connectivity index (χ3n) is 4.66. The van der Waals surface area contributed by atoms with Crippen LogP contribution in [0.1, 0.15) is 30.9 Å². The Bertz CT molecular complexity index is 469. The molecule has 1 saturated carbocycles. The molecule has 3 rings (SSSR count). The molecule has 0 heterocycles. The Kier molecular flexibility index (Phi) is 2.12. The van der Waals surface area contributed by atoms with E-state index < -0.39 is 11.0 Å². The van der Waals surface area contributed by atoms with Gasteiger partial charge in [-0.05, 0) is 49.7 Å². The first kappa shape index (κ1) is 10.8. The lowest BCUT2D eigenvalue weighted by molar-refractivity contribution is -0.0540. The van der Waals surface area contributed by atoms with E-state index in [0.717, 1.165) is 12.8 Å². The molecule has 0 saturated heterocycles. The number of nitriles is 1. The van der Waals surface area contributed by atoms with Gasteiger partial charge in [0.25, 0.3) is 0 Å². The zero-order valence-electron chi connectivity index (χ0n) is 10.1. The maximum absolute atomic E-state index is 10.8. The van der Waals surface area contributed by atoms with Gasteiger partial charge in [-0.1, -0.05) is 24.3 Å². The summed E-state index contributed by atoms with van der Waals surface area (Å²) >= 11 is 0. The van der Waals surface area contributed by atoms with Crippen LogP contribution in [0.25, 0.3) is 0 Å². The van der Waals surface area contributed by atoms with Crippen LogP contribution in [-0.2, 0) is 12.8 Å². The van der Waals surface area contributed by atoms with Crippen molar-refractivity contribution in [2.45, 2.75) is 38.2 Å². The van der Waals surface area contributed by atoms with E-state index in [-0.39, 0.29) is 0 Å². The van der Waals surface area contributed by atoms with E-state index in [9.17, 15) is 10.4 Å². The maximum Gasteiger partial charge on any atom is 0.0940 e. The Morgan fingerprint density at radius 3 is 2.24 bits per heavy atom. The van der Waals surface area contributed by atoms with Gasteiger partial charge in [-0.2, -0.15) is 5.26 Å². The predicted molar refractivity (Wildman–Crippen MR) is 65.2 cm³/mol. The van der Waals surface area contributed by atoms with Gasteiger partial charge in [0.05, 0.1) is 17.1 Å². The molecule has 2 nitrogen and oxygen atoms in total. The average Bonchev–Trinajstić information content (AvgIpc) is 3.09. The van der Waals surface area contributed by atoms with Crippen molar-refractivity contribution >= 4 is 0 Å². The van der Waals surface area contributed by atoms with Crippen LogP contribution in [-0.4, -0.2) is 10.7 Å². The molecule has 1 fully saturated rings. The van der Waals surface area contributed by atoms with E-state index in [1.165, 1.54) is 11.1 Å². The molecule has 0 radical (unpaired) electrons. The van der Waals surface area contributed by atoms with Crippen LogP contribution in [0.4, 0.5) is 0 Å². The van der Waals surface area contributed by atoms with Crippen molar-refractivity contribution in [1.29, 1.82) is 5.26 Å². The smallest absolute Gasteiger partial charge is 0.0940 e. The molecule has 0 aromatic heterocycles. The molecular weight excluding hydrogens is 210 g/mol. The minimum atomic E-state index is -0.846. The Morgan fingerprint density at radius 2 is 1.82 bits per heavy atom. The number of nitrogens with zero attached hydrogens (tertiary/aromatic N) is 1. The van der Waals surface area contributed by atoms with Crippen LogP contribution >= 0.6 is 0 Å². The normalized spacial score (nSPS) is 24.8. The average molecular weight is 227 g/mol. The first-order valence-corrected chi connectivity index (χ1v) is 6.29. The molecular formula is C15H17NO. The largest absolute Gasteiger partial charge is 0.388 e. The molecule has 0 amide bonds. The van der Waals surface area contributed by atoms with Gasteiger partial charge >= 0.3 is 0 Å². The summed E-state index contributed by atoms with van der Waals surface area (Å²) in [6, 6.07) is 10.6. The molecule has 2 aliphatic carbocycles. The number of aliphatic hydroxyl groups is 1. The number of rotatable bonds is 2. The van der Waals surface area contributed by atoms with Crippen LogP contribution in [0.5, 0.6) is 0 Å². The minimum absolute atomic E-state index is 0.316. The van der Waals surface area contributed by atoms with E-state index in [2.05, 4.69) is 18.2 Å². The minimum Gasteiger partial charge on any atom is -0.388 e. The van der Waals surface area contributed by atoms with Crippen molar-refractivity contribution in [3.8, 4) is 6.07 Å². The predicted octanol–water partition coefficient (Wildman–Crippen LogP) is 2.46. The summed E-state index contributed by atoms with van der Waals surface area (Å²) in [4.78, 5) is 0. The Morgan fingerprint density at radius 1 is 1.29 bits per heavy atom. The SMILES string of the molecule is CC(O)(C1CC1)C1(C#N)Cc2ccccc2C1. The van der Waals surface area contributed by atoms with Crippen LogP contribution in [0.2, 0.25) is 0 Å². The van der Waals surface area contributed by atoms with Gasteiger partial charge in [0.15, 0.2) is 0 Å². The molecule has 1 N–H and O–H groups in total. The van der Waals surface area contributed by atoms with E-state index >= 15 is 0 Å². The summed E-state index contributed by atoms with van der Waals surface area (Å²) in [5.74, 6) is 0.316. The Hall–Kier alpha value is -1.33. The third-order valence-corrected chi connectivity index (χ3v) is 4.66. The maximum atomic E-state index is 10.8. The summed E-state index contributed by atoms with van der Waals surface area (Å²) in [6.07, 6.45) is 3.52. The standard InChI is InChI=1S/C15H17NO/c1-14(17,13-6-7-13)15(10-16)8-11-4-2-3-5-12(11)9-15/h2-5,13,17H,6-9H2,1H3. The molecule has 0 spiro atoms. The van der Waals surface area contributed by atoms with Crippen LogP contribution in [0.3, 0.4) is 0 Å². The first-order chi connectivity index (χ1) is 8.09. The highest BCUT2D eigenvalue weighted by Gasteiger charge is 2.57. The van der Waals surface area contributed by atoms with E-state index in [1.54, 1.807) is 0 Å². The fraction of sp³-hybridized carbons (Fsp3) is 0.533. The lowest BCUT2D eigenvalue weighted by atomic mass is 9.69. The van der Waals surface area contributed by atoms with E-state index in [1.807, 2.05) is 19.1 Å². The van der Waals surface area contributed by atoms with Crippen molar-refractivity contribution in [1.82, 2.24) is 0 Å². The van der Waals surface area contributed by atoms with Crippen molar-refractivity contribution < 1.29 is 5.11 Å². The molecule has 1 aromatic rings. The zero-order chi connectivity index (χ0) is 12.1. The number of hydrogen-bond acceptors (Lipinski definition) is 2. The monoisotopic (exact) mass is 227 g/mol. The van der Waals surface area contributed by atoms with Crippen molar-refractivity contribution in [3.05, 3.63) is 35.4 Å². The first-order valence-electron chi connectivity index (χ1n) is 6.29. The number of hydrogen-bond donors (Lipinski definition) is 1. The highest BCUT2D eigenvalue weighted by atomic mass is 16.3. The van der Waals surface area contributed by atoms with Crippen molar-refractivity contribution in [3.63, 3.8) is 0 Å². The van der Waals surface area contributed by atoms with Gasteiger partial charge in [-0.3, -0.25) is 0 Å². The molecule has 0 bridgehead atoms. The summed E-state index contributed by atoms with van der Waals surface area (Å²) in [7, 11) is 0. The second kappa shape index (κ2) is 3.34. The fourth-order valence-corrected chi connectivity index (χ4v) is 3.20. The van der Waals surface area contributed by atoms with Gasteiger partial charge in [0, 0.05) is 0 Å². The summed E-state index contributed by atoms with van der Waals surface area (Å²) in [5, 5.41) is 20.3. The Balaban J connectivity index is 2.00. The van der Waals surface area contributed by atoms with Crippen LogP contribution < -0.4 is 0 Å². The van der Waals surface area contributed by atoms with E-state index in [0.29, 0.717) is 18.8 Å². The van der Waals surface area contributed by atoms with Crippen molar-refractivity contribution in [2.24, 2.45) is 11.3 Å². The van der Waals surface area contributed by atoms with Gasteiger partial charge in [-0.25, -0.2) is 0 Å². The summed E-state index contributed by atoms with van der Waals surface area (Å²) < 4.78 is 0. The van der Waals surface area contributed by atoms with Crippen LogP contribution in [0.15, 0.2) is 24.3 Å². The summed E-state index contributed by atoms with van der Waals surface area (Å²) in [6.45, 7) is 1.86. The van der Waals surface area contributed by atoms with Gasteiger partial charge in [0.2, 0.25) is 0 Å². The molecule has 0 aliphatic heterocycles. The van der Waals surface area contributed by atoms with Crippen LogP contribution in [0, 0.1) is 22.7 Å². The zero-order valence-corrected chi connectivity index (χ0v) is 10.1. The highest BCUT2D eigenvalue weighted by Crippen LogP contribution is 2.53. The second-order valence-electron chi connectivity index (χ2n) is 5.74. The van der Waals surface area contributed by atoms with Gasteiger partial charge in [0.1, 0.15) is 0 Å². The molecule has 88 valence electrons. The molecule has 1 unspecified atom stereocenters. The van der Waals surface area contributed by atoms with Gasteiger partial charge in [-0.15, -0.1) is 0 Å². The molecule has 1 aromatic carbocycles. The quantitative estimate of drug-likeness (QED) is 0.843. The van der Waals surface area contributed by atoms with E-state index in [4.69, 9.17) is 0 Å². The molecule has 2 aliphatic rings. The lowest BCUT2D eigenvalue weighted by Crippen LogP contribution is -2.47. The molecule has 2 heteroatoms. The summed E-state index contributed by atoms with van der Waals surface area (Å²) in [5.41, 5.74) is 1.00. The lowest BCUT2D eigenvalue weighted by Gasteiger charge is -2.37. The Labute approximate surface area is 102 Å². The topological polar surface area (TPSA) is 44.0 Å². The number of benzene rings is 1. The second-order valence-corrected chi connectivity index (χ2v) is 5.74. The van der Waals surface area contributed by atoms with Gasteiger partial charge < -0.3 is 5.11 Å². The number of fused-ring (bicyclic) bond motifs is 1. The fourth-order valence-electron chi connectivity index (χ4n) is 3.20. The third kappa shape index (κ3) is 1.42. The van der Waals surface area contributed by atoms with Crippen molar-refractivity contribution in [2.75, 3.05) is 0 Å². The molecule has 17 heavy (non-hydrogen) atoms.